The minimum absolute atomic E-state index is 0. The maximum atomic E-state index is 12.3. The van der Waals surface area contributed by atoms with Crippen molar-refractivity contribution in [2.45, 2.75) is 76.4 Å². The first kappa shape index (κ1) is 51.9. The fourth-order valence-corrected chi connectivity index (χ4v) is 7.91. The van der Waals surface area contributed by atoms with Crippen molar-refractivity contribution in [3.8, 4) is 21.3 Å². The van der Waals surface area contributed by atoms with Crippen LogP contribution in [0.5, 0.6) is 0 Å². The van der Waals surface area contributed by atoms with Gasteiger partial charge in [0.1, 0.15) is 29.9 Å². The third-order valence-electron chi connectivity index (χ3n) is 10.2. The second kappa shape index (κ2) is 29.1. The van der Waals surface area contributed by atoms with Gasteiger partial charge in [-0.1, -0.05) is 41.7 Å². The highest BCUT2D eigenvalue weighted by atomic mass is 32.1. The Balaban J connectivity index is 0.000000273. The number of hydrogen-bond acceptors (Lipinski definition) is 17. The van der Waals surface area contributed by atoms with Crippen molar-refractivity contribution in [3.05, 3.63) is 58.5 Å². The van der Waals surface area contributed by atoms with Gasteiger partial charge in [0.2, 0.25) is 11.8 Å². The highest BCUT2D eigenvalue weighted by Gasteiger charge is 2.22. The van der Waals surface area contributed by atoms with Crippen LogP contribution in [0, 0.1) is 0 Å². The van der Waals surface area contributed by atoms with Crippen LogP contribution in [0.25, 0.3) is 21.3 Å². The van der Waals surface area contributed by atoms with Gasteiger partial charge in [0, 0.05) is 105 Å². The number of thiophene rings is 2. The van der Waals surface area contributed by atoms with E-state index in [9.17, 15) is 29.1 Å². The van der Waals surface area contributed by atoms with Crippen LogP contribution in [0.2, 0.25) is 0 Å². The number of aromatic nitrogens is 2. The van der Waals surface area contributed by atoms with E-state index in [-0.39, 0.29) is 20.0 Å². The van der Waals surface area contributed by atoms with E-state index < -0.39 is 24.0 Å². The van der Waals surface area contributed by atoms with Crippen molar-refractivity contribution >= 4 is 60.8 Å². The second-order valence-corrected chi connectivity index (χ2v) is 16.8. The minimum atomic E-state index is -1.08. The van der Waals surface area contributed by atoms with Crippen molar-refractivity contribution in [3.63, 3.8) is 0 Å². The summed E-state index contributed by atoms with van der Waals surface area (Å²) in [6, 6.07) is 11.2. The number of piperazine rings is 2. The van der Waals surface area contributed by atoms with Crippen LogP contribution < -0.4 is 16.8 Å². The molecule has 0 spiro atoms. The molecule has 2 unspecified atom stereocenters. The molecule has 2 saturated heterocycles. The van der Waals surface area contributed by atoms with Crippen LogP contribution in [-0.2, 0) is 14.4 Å². The molecule has 6 rings (SSSR count). The van der Waals surface area contributed by atoms with E-state index in [2.05, 4.69) is 25.4 Å². The fourth-order valence-electron chi connectivity index (χ4n) is 6.56. The molecule has 2 fully saturated rings. The Kier molecular flexibility index (Phi) is 24.3. The van der Waals surface area contributed by atoms with Crippen molar-refractivity contribution < 1.29 is 43.2 Å². The number of hydrogen-bond donors (Lipinski definition) is 5. The number of aliphatic hydroxyl groups is 2. The van der Waals surface area contributed by atoms with E-state index >= 15 is 0 Å². The number of amides is 2. The number of unbranched alkanes of at least 4 members (excludes halogenated alkanes) is 6. The van der Waals surface area contributed by atoms with Crippen molar-refractivity contribution in [1.29, 1.82) is 0 Å². The summed E-state index contributed by atoms with van der Waals surface area (Å²) in [7, 11) is 0. The number of nitrogens with zero attached hydrogens (tertiary/aromatic N) is 5. The molecule has 17 nitrogen and oxygen atoms in total. The van der Waals surface area contributed by atoms with E-state index in [0.29, 0.717) is 55.3 Å². The first-order valence-electron chi connectivity index (χ1n) is 20.9. The molecule has 3 radical (unpaired) electrons. The lowest BCUT2D eigenvalue weighted by atomic mass is 10.1. The van der Waals surface area contributed by atoms with E-state index in [1.165, 1.54) is 0 Å². The molecule has 0 aromatic carbocycles. The van der Waals surface area contributed by atoms with Crippen molar-refractivity contribution in [2.75, 3.05) is 72.0 Å². The van der Waals surface area contributed by atoms with Gasteiger partial charge in [-0.25, -0.2) is 0 Å². The lowest BCUT2D eigenvalue weighted by Gasteiger charge is -2.35. The normalized spacial score (nSPS) is 15.5. The Labute approximate surface area is 372 Å². The van der Waals surface area contributed by atoms with E-state index in [4.69, 9.17) is 25.6 Å². The van der Waals surface area contributed by atoms with Gasteiger partial charge < -0.3 is 45.7 Å². The zero-order valence-electron chi connectivity index (χ0n) is 35.2. The quantitative estimate of drug-likeness (QED) is 0.0311. The number of rotatable bonds is 23. The van der Waals surface area contributed by atoms with Crippen LogP contribution in [0.15, 0.2) is 56.2 Å². The second-order valence-electron chi connectivity index (χ2n) is 14.9. The molecule has 2 aliphatic heterocycles. The molecule has 2 atom stereocenters. The number of nitrogens with one attached hydrogen (secondary N) is 1. The molecular weight excluding hydrogens is 835 g/mol. The van der Waals surface area contributed by atoms with Gasteiger partial charge in [0.05, 0.1) is 9.75 Å². The van der Waals surface area contributed by atoms with Crippen LogP contribution >= 0.6 is 22.7 Å². The first-order valence-corrected chi connectivity index (χ1v) is 22.6. The SMILES string of the molecule is NC(=O)C(O)CN1CCN(CCCCCCC(=O)c2cc(-c3cccs3)on2)CC1.NC(=O)C(O)CN1CCNCC1.O=CCCCCCC(=O)c1cc(-c2cccs2)on1.[B]. The summed E-state index contributed by atoms with van der Waals surface area (Å²) in [6.45, 7) is 8.80. The average molecular weight is 896 g/mol. The summed E-state index contributed by atoms with van der Waals surface area (Å²) in [5, 5.41) is 33.5. The lowest BCUT2D eigenvalue weighted by molar-refractivity contribution is -0.127. The van der Waals surface area contributed by atoms with Gasteiger partial charge in [-0.15, -0.1) is 22.7 Å². The summed E-state index contributed by atoms with van der Waals surface area (Å²) < 4.78 is 10.4. The zero-order valence-corrected chi connectivity index (χ0v) is 36.9. The topological polar surface area (TPSA) is 252 Å². The number of ketones is 2. The van der Waals surface area contributed by atoms with Gasteiger partial charge in [-0.2, -0.15) is 0 Å². The van der Waals surface area contributed by atoms with Crippen molar-refractivity contribution in [2.24, 2.45) is 11.5 Å². The maximum Gasteiger partial charge on any atom is 0.247 e. The Bertz CT molecular complexity index is 1880. The lowest BCUT2D eigenvalue weighted by Crippen LogP contribution is -2.50. The van der Waals surface area contributed by atoms with E-state index in [0.717, 1.165) is 120 Å². The highest BCUT2D eigenvalue weighted by molar-refractivity contribution is 7.13. The molecule has 4 aromatic rings. The van der Waals surface area contributed by atoms with Crippen LogP contribution in [0.3, 0.4) is 0 Å². The maximum absolute atomic E-state index is 12.3. The molecule has 2 aliphatic rings. The molecule has 2 amide bonds. The fraction of sp³-hybridized carbons (Fsp3) is 0.548. The standard InChI is InChI=1S/C21H30N4O4S.C14H15NO3S.C7H15N3O2.B/c22-21(28)18(27)15-25-11-9-24(10-12-25)8-4-2-1-3-6-17(26)16-14-19(29-23-16)20-7-5-13-30-20;16-8-4-2-1-3-6-12(17)11-10-13(18-15-11)14-7-5-9-19-14;8-7(12)6(11)5-10-3-1-9-2-4-10;/h5,7,13-14,18,27H,1-4,6,8-12,15H2,(H2,22,28);5,7-10H,1-4,6H2;6,9,11H,1-5H2,(H2,8,12);. The van der Waals surface area contributed by atoms with Gasteiger partial charge in [-0.05, 0) is 55.1 Å². The Hall–Kier alpha value is -4.41. The summed E-state index contributed by atoms with van der Waals surface area (Å²) in [4.78, 5) is 64.2. The predicted molar refractivity (Wildman–Crippen MR) is 239 cm³/mol. The Morgan fingerprint density at radius 3 is 1.60 bits per heavy atom. The molecule has 6 heterocycles. The van der Waals surface area contributed by atoms with E-state index in [1.54, 1.807) is 34.8 Å². The molecule has 0 bridgehead atoms. The minimum Gasteiger partial charge on any atom is -0.382 e. The Morgan fingerprint density at radius 1 is 0.694 bits per heavy atom. The summed E-state index contributed by atoms with van der Waals surface area (Å²) in [6.07, 6.45) is 6.91. The van der Waals surface area contributed by atoms with Gasteiger partial charge in [0.15, 0.2) is 23.1 Å². The predicted octanol–water partition coefficient (Wildman–Crippen LogP) is 3.09. The summed E-state index contributed by atoms with van der Waals surface area (Å²) in [5.41, 5.74) is 10.8. The molecular formula is C42H60BN8O9S2. The number of aliphatic hydroxyl groups excluding tert-OH is 2. The third kappa shape index (κ3) is 18.9. The number of primary amides is 2. The molecule has 20 heteroatoms. The van der Waals surface area contributed by atoms with Gasteiger partial charge in [0.25, 0.3) is 0 Å². The molecule has 0 saturated carbocycles. The van der Waals surface area contributed by atoms with Gasteiger partial charge >= 0.3 is 0 Å². The van der Waals surface area contributed by atoms with E-state index in [1.807, 2.05) is 39.9 Å². The summed E-state index contributed by atoms with van der Waals surface area (Å²) in [5.74, 6) is 0.0151. The average Bonchev–Trinajstić information content (AvgIpc) is 4.11. The van der Waals surface area contributed by atoms with Crippen molar-refractivity contribution in [1.82, 2.24) is 30.3 Å². The number of carbonyl (C=O) groups excluding carboxylic acids is 5. The number of Topliss-reactive ketones (excluding diaryl/α,β-unsaturated/α-hetero) is 2. The zero-order chi connectivity index (χ0) is 43.8. The third-order valence-corrected chi connectivity index (χ3v) is 11.9. The Morgan fingerprint density at radius 2 is 1.15 bits per heavy atom. The van der Waals surface area contributed by atoms with Crippen LogP contribution in [-0.4, -0.2) is 158 Å². The smallest absolute Gasteiger partial charge is 0.247 e. The highest BCUT2D eigenvalue weighted by Crippen LogP contribution is 2.27. The molecule has 4 aromatic heterocycles. The molecule has 7 N–H and O–H groups in total. The molecule has 62 heavy (non-hydrogen) atoms. The summed E-state index contributed by atoms with van der Waals surface area (Å²) >= 11 is 3.11. The number of aldehydes is 1. The van der Waals surface area contributed by atoms with Gasteiger partial charge in [-0.3, -0.25) is 29.0 Å². The monoisotopic (exact) mass is 895 g/mol. The molecule has 0 aliphatic carbocycles. The number of carbonyl (C=O) groups is 5. The van der Waals surface area contributed by atoms with Crippen LogP contribution in [0.4, 0.5) is 0 Å². The molecule has 337 valence electrons. The largest absolute Gasteiger partial charge is 0.382 e. The number of nitrogens with two attached hydrogens (primary N) is 2. The number of β-amino-alcohol motifs (C(OH)–C–C–N with tert-alkyl or cyclic N) is 2. The van der Waals surface area contributed by atoms with Crippen LogP contribution in [0.1, 0.15) is 85.2 Å². The first-order chi connectivity index (χ1) is 29.5.